The van der Waals surface area contributed by atoms with Gasteiger partial charge < -0.3 is 4.74 Å². The van der Waals surface area contributed by atoms with Crippen LogP contribution in [0.4, 0.5) is 0 Å². The highest BCUT2D eigenvalue weighted by Gasteiger charge is 2.44. The van der Waals surface area contributed by atoms with Crippen LogP contribution in [-0.4, -0.2) is 12.1 Å². The van der Waals surface area contributed by atoms with E-state index in [0.29, 0.717) is 17.3 Å². The maximum Gasteiger partial charge on any atom is 0.302 e. The fourth-order valence-electron chi connectivity index (χ4n) is 2.29. The Morgan fingerprint density at radius 2 is 1.92 bits per heavy atom. The Kier molecular flexibility index (Phi) is 2.69. The molecule has 0 heterocycles. The van der Waals surface area contributed by atoms with E-state index in [-0.39, 0.29) is 12.1 Å². The van der Waals surface area contributed by atoms with Crippen molar-refractivity contribution in [2.75, 3.05) is 0 Å². The monoisotopic (exact) mass is 184 g/mol. The van der Waals surface area contributed by atoms with Gasteiger partial charge in [-0.05, 0) is 23.7 Å². The number of hydrogen-bond acceptors (Lipinski definition) is 2. The summed E-state index contributed by atoms with van der Waals surface area (Å²) < 4.78 is 5.29. The molecule has 0 aromatic rings. The van der Waals surface area contributed by atoms with Crippen LogP contribution in [0.3, 0.4) is 0 Å². The van der Waals surface area contributed by atoms with Crippen LogP contribution >= 0.6 is 0 Å². The van der Waals surface area contributed by atoms with Crippen molar-refractivity contribution in [1.29, 1.82) is 0 Å². The maximum atomic E-state index is 10.8. The summed E-state index contributed by atoms with van der Waals surface area (Å²) in [5.41, 5.74) is 0.305. The highest BCUT2D eigenvalue weighted by Crippen LogP contribution is 2.47. The fraction of sp³-hybridized carbons (Fsp3) is 0.909. The summed E-state index contributed by atoms with van der Waals surface area (Å²) in [7, 11) is 0. The third-order valence-electron chi connectivity index (χ3n) is 3.65. The van der Waals surface area contributed by atoms with Crippen molar-refractivity contribution in [2.45, 2.75) is 47.1 Å². The largest absolute Gasteiger partial charge is 0.462 e. The number of hydrogen-bond donors (Lipinski definition) is 0. The first-order valence-electron chi connectivity index (χ1n) is 5.02. The second-order valence-corrected chi connectivity index (χ2v) is 4.99. The zero-order valence-electron chi connectivity index (χ0n) is 9.26. The molecule has 2 nitrogen and oxygen atoms in total. The molecule has 0 aromatic carbocycles. The van der Waals surface area contributed by atoms with E-state index in [0.717, 1.165) is 6.42 Å². The van der Waals surface area contributed by atoms with Crippen LogP contribution in [-0.2, 0) is 9.53 Å². The third-order valence-corrected chi connectivity index (χ3v) is 3.65. The zero-order chi connectivity index (χ0) is 10.2. The molecule has 0 spiro atoms. The van der Waals surface area contributed by atoms with Crippen LogP contribution in [0.25, 0.3) is 0 Å². The number of rotatable bonds is 1. The van der Waals surface area contributed by atoms with Crippen molar-refractivity contribution in [3.8, 4) is 0 Å². The molecule has 1 fully saturated rings. The van der Waals surface area contributed by atoms with E-state index in [9.17, 15) is 4.79 Å². The minimum absolute atomic E-state index is 0.127. The van der Waals surface area contributed by atoms with Gasteiger partial charge in [-0.1, -0.05) is 27.7 Å². The van der Waals surface area contributed by atoms with E-state index < -0.39 is 0 Å². The highest BCUT2D eigenvalue weighted by molar-refractivity contribution is 5.66. The lowest BCUT2D eigenvalue weighted by molar-refractivity contribution is -0.148. The van der Waals surface area contributed by atoms with Gasteiger partial charge in [0.05, 0.1) is 0 Å². The van der Waals surface area contributed by atoms with Gasteiger partial charge >= 0.3 is 5.97 Å². The molecule has 1 aliphatic carbocycles. The number of carbonyl (C=O) groups is 1. The Bertz CT molecular complexity index is 208. The van der Waals surface area contributed by atoms with Gasteiger partial charge in [0.2, 0.25) is 0 Å². The summed E-state index contributed by atoms with van der Waals surface area (Å²) >= 11 is 0. The van der Waals surface area contributed by atoms with E-state index in [4.69, 9.17) is 4.74 Å². The Morgan fingerprint density at radius 3 is 2.23 bits per heavy atom. The molecule has 0 amide bonds. The van der Waals surface area contributed by atoms with Crippen LogP contribution in [0.5, 0.6) is 0 Å². The zero-order valence-corrected chi connectivity index (χ0v) is 9.26. The van der Waals surface area contributed by atoms with Gasteiger partial charge in [0, 0.05) is 6.92 Å². The molecule has 1 aliphatic rings. The summed E-state index contributed by atoms with van der Waals surface area (Å²) in [6.07, 6.45) is 1.12. The van der Waals surface area contributed by atoms with Crippen molar-refractivity contribution in [3.05, 3.63) is 0 Å². The average Bonchev–Trinajstić information content (AvgIpc) is 2.13. The molecule has 0 aromatic heterocycles. The predicted octanol–water partition coefficient (Wildman–Crippen LogP) is 2.62. The molecule has 0 radical (unpaired) electrons. The quantitative estimate of drug-likeness (QED) is 0.585. The van der Waals surface area contributed by atoms with Crippen molar-refractivity contribution in [1.82, 2.24) is 0 Å². The smallest absolute Gasteiger partial charge is 0.302 e. The van der Waals surface area contributed by atoms with Crippen LogP contribution in [0.1, 0.15) is 41.0 Å². The lowest BCUT2D eigenvalue weighted by Crippen LogP contribution is -2.21. The summed E-state index contributed by atoms with van der Waals surface area (Å²) in [4.78, 5) is 10.8. The number of ether oxygens (including phenoxy) is 1. The Balaban J connectivity index is 2.66. The molecule has 0 bridgehead atoms. The first-order chi connectivity index (χ1) is 5.84. The van der Waals surface area contributed by atoms with Gasteiger partial charge in [0.25, 0.3) is 0 Å². The summed E-state index contributed by atoms with van der Waals surface area (Å²) in [5, 5.41) is 0. The first kappa shape index (κ1) is 10.6. The van der Waals surface area contributed by atoms with E-state index >= 15 is 0 Å². The molecular weight excluding hydrogens is 164 g/mol. The Morgan fingerprint density at radius 1 is 1.38 bits per heavy atom. The summed E-state index contributed by atoms with van der Waals surface area (Å²) in [5.74, 6) is 0.956. The molecule has 2 heteroatoms. The number of carbonyl (C=O) groups excluding carboxylic acids is 1. The van der Waals surface area contributed by atoms with Crippen LogP contribution in [0, 0.1) is 17.3 Å². The molecule has 13 heavy (non-hydrogen) atoms. The molecule has 0 saturated heterocycles. The second-order valence-electron chi connectivity index (χ2n) is 4.99. The Hall–Kier alpha value is -0.530. The molecule has 76 valence electrons. The van der Waals surface area contributed by atoms with Gasteiger partial charge in [-0.25, -0.2) is 0 Å². The van der Waals surface area contributed by atoms with E-state index in [2.05, 4.69) is 27.7 Å². The molecular formula is C11H20O2. The highest BCUT2D eigenvalue weighted by atomic mass is 16.5. The van der Waals surface area contributed by atoms with Crippen molar-refractivity contribution >= 4 is 5.97 Å². The molecule has 1 saturated carbocycles. The van der Waals surface area contributed by atoms with Crippen LogP contribution < -0.4 is 0 Å². The minimum Gasteiger partial charge on any atom is -0.462 e. The summed E-state index contributed by atoms with van der Waals surface area (Å²) in [6.45, 7) is 10.4. The predicted molar refractivity (Wildman–Crippen MR) is 52.3 cm³/mol. The van der Waals surface area contributed by atoms with Crippen molar-refractivity contribution in [3.63, 3.8) is 0 Å². The molecule has 0 N–H and O–H groups in total. The minimum atomic E-state index is -0.151. The van der Waals surface area contributed by atoms with E-state index in [1.54, 1.807) is 0 Å². The molecule has 1 rings (SSSR count). The normalized spacial score (nSPS) is 37.5. The van der Waals surface area contributed by atoms with Gasteiger partial charge in [-0.3, -0.25) is 4.79 Å². The Labute approximate surface area is 80.7 Å². The van der Waals surface area contributed by atoms with Gasteiger partial charge in [-0.15, -0.1) is 0 Å². The second kappa shape index (κ2) is 3.32. The lowest BCUT2D eigenvalue weighted by Gasteiger charge is -2.24. The van der Waals surface area contributed by atoms with Crippen molar-refractivity contribution in [2.24, 2.45) is 17.3 Å². The lowest BCUT2D eigenvalue weighted by atomic mass is 9.81. The SMILES string of the molecule is CC(=O)O[C@H]1CC(C)(C)[C@H](C)[C@@H]1C. The van der Waals surface area contributed by atoms with Crippen molar-refractivity contribution < 1.29 is 9.53 Å². The molecule has 3 atom stereocenters. The molecule has 0 unspecified atom stereocenters. The fourth-order valence-corrected chi connectivity index (χ4v) is 2.29. The maximum absolute atomic E-state index is 10.8. The van der Waals surface area contributed by atoms with Crippen LogP contribution in [0.15, 0.2) is 0 Å². The van der Waals surface area contributed by atoms with E-state index in [1.807, 2.05) is 0 Å². The van der Waals surface area contributed by atoms with Gasteiger partial charge in [-0.2, -0.15) is 0 Å². The van der Waals surface area contributed by atoms with Gasteiger partial charge in [0.1, 0.15) is 6.10 Å². The van der Waals surface area contributed by atoms with Crippen LogP contribution in [0.2, 0.25) is 0 Å². The van der Waals surface area contributed by atoms with E-state index in [1.165, 1.54) is 6.92 Å². The topological polar surface area (TPSA) is 26.3 Å². The number of esters is 1. The molecule has 0 aliphatic heterocycles. The first-order valence-corrected chi connectivity index (χ1v) is 5.02. The summed E-state index contributed by atoms with van der Waals surface area (Å²) in [6, 6.07) is 0. The third kappa shape index (κ3) is 2.04. The average molecular weight is 184 g/mol. The standard InChI is InChI=1S/C11H20O2/c1-7-8(2)11(4,5)6-10(7)13-9(3)12/h7-8,10H,6H2,1-5H3/t7-,8+,10-/m0/s1. The van der Waals surface area contributed by atoms with Gasteiger partial charge in [0.15, 0.2) is 0 Å².